The molecule has 132 valence electrons. The lowest BCUT2D eigenvalue weighted by Crippen LogP contribution is -1.96. The number of fused-ring (bicyclic) bond motifs is 1. The lowest BCUT2D eigenvalue weighted by atomic mass is 10.1. The monoisotopic (exact) mass is 465 g/mol. The molecule has 2 aromatic heterocycles. The molecular weight excluding hydrogens is 453 g/mol. The third-order valence-electron chi connectivity index (χ3n) is 3.96. The first kappa shape index (κ1) is 19.1. The van der Waals surface area contributed by atoms with Crippen molar-refractivity contribution in [2.75, 3.05) is 5.32 Å². The van der Waals surface area contributed by atoms with Crippen molar-refractivity contribution in [3.63, 3.8) is 0 Å². The highest BCUT2D eigenvalue weighted by molar-refractivity contribution is 9.10. The van der Waals surface area contributed by atoms with Gasteiger partial charge in [-0.05, 0) is 42.3 Å². The summed E-state index contributed by atoms with van der Waals surface area (Å²) < 4.78 is 1.06. The molecule has 0 spiro atoms. The molecule has 0 aliphatic heterocycles. The molecule has 0 radical (unpaired) electrons. The molecule has 0 fully saturated rings. The van der Waals surface area contributed by atoms with Crippen molar-refractivity contribution in [2.24, 2.45) is 0 Å². The van der Waals surface area contributed by atoms with E-state index in [9.17, 15) is 0 Å². The number of aromatic nitrogens is 2. The van der Waals surface area contributed by atoms with Crippen molar-refractivity contribution in [1.29, 1.82) is 0 Å². The predicted molar refractivity (Wildman–Crippen MR) is 117 cm³/mol. The maximum atomic E-state index is 6.24. The van der Waals surface area contributed by atoms with Gasteiger partial charge in [-0.1, -0.05) is 45.7 Å². The Labute approximate surface area is 175 Å². The Morgan fingerprint density at radius 2 is 1.85 bits per heavy atom. The van der Waals surface area contributed by atoms with E-state index in [1.165, 1.54) is 0 Å². The molecule has 0 amide bonds. The molecular formula is C19H14BrCl2N3S. The molecule has 2 heterocycles. The summed E-state index contributed by atoms with van der Waals surface area (Å²) in [4.78, 5) is 9.83. The van der Waals surface area contributed by atoms with Gasteiger partial charge >= 0.3 is 0 Å². The van der Waals surface area contributed by atoms with Gasteiger partial charge in [0.15, 0.2) is 0 Å². The molecule has 0 saturated carbocycles. The number of hydrogen-bond acceptors (Lipinski definition) is 4. The Kier molecular flexibility index (Phi) is 5.82. The second-order valence-electron chi connectivity index (χ2n) is 5.65. The molecule has 0 aliphatic rings. The minimum absolute atomic E-state index is 0. The lowest BCUT2D eigenvalue weighted by Gasteiger charge is -2.09. The van der Waals surface area contributed by atoms with E-state index in [-0.39, 0.29) is 12.4 Å². The molecule has 7 heteroatoms. The van der Waals surface area contributed by atoms with Crippen molar-refractivity contribution < 1.29 is 0 Å². The Morgan fingerprint density at radius 3 is 2.58 bits per heavy atom. The molecule has 0 atom stereocenters. The molecule has 0 aliphatic carbocycles. The molecule has 26 heavy (non-hydrogen) atoms. The summed E-state index contributed by atoms with van der Waals surface area (Å²) in [5.41, 5.74) is 4.21. The zero-order chi connectivity index (χ0) is 17.4. The highest BCUT2D eigenvalue weighted by atomic mass is 79.9. The highest BCUT2D eigenvalue weighted by Gasteiger charge is 2.13. The van der Waals surface area contributed by atoms with Gasteiger partial charge in [0.25, 0.3) is 0 Å². The van der Waals surface area contributed by atoms with E-state index >= 15 is 0 Å². The Bertz CT molecular complexity index is 1060. The Balaban J connectivity index is 0.00000196. The molecule has 4 aromatic rings. The van der Waals surface area contributed by atoms with Gasteiger partial charge in [-0.15, -0.1) is 23.7 Å². The smallest absolute Gasteiger partial charge is 0.143 e. The van der Waals surface area contributed by atoms with Crippen LogP contribution in [0.25, 0.3) is 21.3 Å². The normalized spacial score (nSPS) is 10.6. The van der Waals surface area contributed by atoms with Gasteiger partial charge in [-0.3, -0.25) is 0 Å². The number of nitrogens with one attached hydrogen (secondary N) is 1. The van der Waals surface area contributed by atoms with Gasteiger partial charge in [0, 0.05) is 26.1 Å². The zero-order valence-corrected chi connectivity index (χ0v) is 17.6. The Hall–Kier alpha value is -1.66. The van der Waals surface area contributed by atoms with Crippen LogP contribution in [0.4, 0.5) is 11.5 Å². The summed E-state index contributed by atoms with van der Waals surface area (Å²) in [6, 6.07) is 14.2. The highest BCUT2D eigenvalue weighted by Crippen LogP contribution is 2.38. The minimum atomic E-state index is 0. The van der Waals surface area contributed by atoms with Crippen LogP contribution in [0.3, 0.4) is 0 Å². The number of aryl methyl sites for hydroxylation is 1. The van der Waals surface area contributed by atoms with Crippen LogP contribution in [0.2, 0.25) is 5.02 Å². The van der Waals surface area contributed by atoms with Gasteiger partial charge in [0.05, 0.1) is 5.39 Å². The number of halogens is 3. The summed E-state index contributed by atoms with van der Waals surface area (Å²) in [5.74, 6) is 0.782. The maximum Gasteiger partial charge on any atom is 0.143 e. The van der Waals surface area contributed by atoms with E-state index in [4.69, 9.17) is 11.6 Å². The second kappa shape index (κ2) is 7.92. The molecule has 0 saturated heterocycles. The van der Waals surface area contributed by atoms with E-state index in [2.05, 4.69) is 48.7 Å². The van der Waals surface area contributed by atoms with Crippen molar-refractivity contribution in [2.45, 2.75) is 6.92 Å². The van der Waals surface area contributed by atoms with Crippen LogP contribution < -0.4 is 5.32 Å². The first-order chi connectivity index (χ1) is 12.1. The molecule has 0 unspecified atom stereocenters. The number of nitrogens with zero attached hydrogens (tertiary/aromatic N) is 2. The van der Waals surface area contributed by atoms with E-state index < -0.39 is 0 Å². The van der Waals surface area contributed by atoms with Crippen molar-refractivity contribution in [3.05, 3.63) is 69.2 Å². The predicted octanol–water partition coefficient (Wildman–Crippen LogP) is 7.25. The number of anilines is 2. The first-order valence-corrected chi connectivity index (χ1v) is 9.68. The summed E-state index contributed by atoms with van der Waals surface area (Å²) in [7, 11) is 0. The van der Waals surface area contributed by atoms with E-state index in [1.807, 2.05) is 37.3 Å². The van der Waals surface area contributed by atoms with Gasteiger partial charge in [-0.25, -0.2) is 9.97 Å². The SMILES string of the molecule is Cc1ccc(Nc2ncnc3scc(-c4ccc(Br)cc4)c23)cc1Cl.Cl. The van der Waals surface area contributed by atoms with Crippen molar-refractivity contribution in [1.82, 2.24) is 9.97 Å². The fourth-order valence-electron chi connectivity index (χ4n) is 2.62. The van der Waals surface area contributed by atoms with Gasteiger partial charge in [0.1, 0.15) is 17.0 Å². The molecule has 0 bridgehead atoms. The molecule has 3 nitrogen and oxygen atoms in total. The number of thiophene rings is 1. The molecule has 2 aromatic carbocycles. The van der Waals surface area contributed by atoms with Crippen LogP contribution in [-0.2, 0) is 0 Å². The van der Waals surface area contributed by atoms with Crippen LogP contribution in [0.15, 0.2) is 58.6 Å². The Morgan fingerprint density at radius 1 is 1.08 bits per heavy atom. The van der Waals surface area contributed by atoms with Crippen molar-refractivity contribution >= 4 is 73.0 Å². The second-order valence-corrected chi connectivity index (χ2v) is 7.83. The molecule has 1 N–H and O–H groups in total. The molecule has 4 rings (SSSR count). The third kappa shape index (κ3) is 3.71. The quantitative estimate of drug-likeness (QED) is 0.345. The number of rotatable bonds is 3. The van der Waals surface area contributed by atoms with Crippen LogP contribution in [0.5, 0.6) is 0 Å². The first-order valence-electron chi connectivity index (χ1n) is 7.63. The van der Waals surface area contributed by atoms with E-state index in [0.717, 1.165) is 47.9 Å². The fourth-order valence-corrected chi connectivity index (χ4v) is 3.98. The van der Waals surface area contributed by atoms with E-state index in [1.54, 1.807) is 17.7 Å². The summed E-state index contributed by atoms with van der Waals surface area (Å²) in [6.07, 6.45) is 1.59. The van der Waals surface area contributed by atoms with Gasteiger partial charge < -0.3 is 5.32 Å². The maximum absolute atomic E-state index is 6.24. The topological polar surface area (TPSA) is 37.8 Å². The fraction of sp³-hybridized carbons (Fsp3) is 0.0526. The number of hydrogen-bond donors (Lipinski definition) is 1. The average molecular weight is 467 g/mol. The summed E-state index contributed by atoms with van der Waals surface area (Å²) in [6.45, 7) is 1.99. The van der Waals surface area contributed by atoms with Crippen LogP contribution >= 0.6 is 51.3 Å². The van der Waals surface area contributed by atoms with E-state index in [0.29, 0.717) is 0 Å². The van der Waals surface area contributed by atoms with Crippen LogP contribution in [0, 0.1) is 6.92 Å². The third-order valence-corrected chi connectivity index (χ3v) is 5.78. The standard InChI is InChI=1S/C19H13BrClN3S.ClH/c1-11-2-7-14(8-16(11)21)24-18-17-15(9-25-19(17)23-10-22-18)12-3-5-13(20)6-4-12;/h2-10H,1H3,(H,22,23,24);1H. The minimum Gasteiger partial charge on any atom is -0.340 e. The largest absolute Gasteiger partial charge is 0.340 e. The lowest BCUT2D eigenvalue weighted by molar-refractivity contribution is 1.23. The average Bonchev–Trinajstić information content (AvgIpc) is 3.04. The van der Waals surface area contributed by atoms with Gasteiger partial charge in [0.2, 0.25) is 0 Å². The zero-order valence-electron chi connectivity index (χ0n) is 13.7. The van der Waals surface area contributed by atoms with Gasteiger partial charge in [-0.2, -0.15) is 0 Å². The summed E-state index contributed by atoms with van der Waals surface area (Å²) in [5, 5.41) is 7.26. The van der Waals surface area contributed by atoms with Crippen molar-refractivity contribution in [3.8, 4) is 11.1 Å². The summed E-state index contributed by atoms with van der Waals surface area (Å²) >= 11 is 11.3. The van der Waals surface area contributed by atoms with Crippen LogP contribution in [-0.4, -0.2) is 9.97 Å². The van der Waals surface area contributed by atoms with Crippen LogP contribution in [0.1, 0.15) is 5.56 Å². The number of benzene rings is 2.